The Morgan fingerprint density at radius 1 is 1.22 bits per heavy atom. The Balaban J connectivity index is 1.59. The maximum Gasteiger partial charge on any atom is 0.292 e. The van der Waals surface area contributed by atoms with Crippen LogP contribution < -0.4 is 5.32 Å². The van der Waals surface area contributed by atoms with Gasteiger partial charge in [0.1, 0.15) is 5.76 Å². The van der Waals surface area contributed by atoms with Crippen molar-refractivity contribution < 1.29 is 13.7 Å². The second-order valence-corrected chi connectivity index (χ2v) is 5.96. The molecule has 3 heterocycles. The van der Waals surface area contributed by atoms with Gasteiger partial charge < -0.3 is 14.3 Å². The van der Waals surface area contributed by atoms with Gasteiger partial charge in [-0.15, -0.1) is 11.3 Å². The van der Waals surface area contributed by atoms with Crippen molar-refractivity contribution >= 4 is 33.3 Å². The maximum atomic E-state index is 12.1. The van der Waals surface area contributed by atoms with Crippen LogP contribution in [0.2, 0.25) is 0 Å². The van der Waals surface area contributed by atoms with Crippen LogP contribution in [0.3, 0.4) is 0 Å². The number of amides is 1. The first-order valence-electron chi connectivity index (χ1n) is 6.89. The first kappa shape index (κ1) is 13.7. The number of fused-ring (bicyclic) bond motifs is 1. The highest BCUT2D eigenvalue weighted by Gasteiger charge is 2.16. The number of aromatic nitrogens is 2. The molecule has 0 radical (unpaired) electrons. The monoisotopic (exact) mass is 325 g/mol. The minimum Gasteiger partial charge on any atom is -0.448 e. The van der Waals surface area contributed by atoms with Gasteiger partial charge in [0.25, 0.3) is 5.91 Å². The lowest BCUT2D eigenvalue weighted by Crippen LogP contribution is -2.10. The van der Waals surface area contributed by atoms with Crippen molar-refractivity contribution in [2.24, 2.45) is 0 Å². The summed E-state index contributed by atoms with van der Waals surface area (Å²) in [6.07, 6.45) is 0. The van der Waals surface area contributed by atoms with Crippen LogP contribution in [-0.4, -0.2) is 16.0 Å². The molecule has 7 heteroatoms. The summed E-state index contributed by atoms with van der Waals surface area (Å²) in [4.78, 5) is 16.6. The van der Waals surface area contributed by atoms with E-state index in [0.29, 0.717) is 17.3 Å². The van der Waals surface area contributed by atoms with Crippen molar-refractivity contribution in [2.45, 2.75) is 6.92 Å². The summed E-state index contributed by atoms with van der Waals surface area (Å²) < 4.78 is 11.6. The summed E-state index contributed by atoms with van der Waals surface area (Å²) in [6, 6.07) is 12.8. The lowest BCUT2D eigenvalue weighted by molar-refractivity contribution is 0.0996. The molecule has 0 spiro atoms. The number of nitrogens with one attached hydrogen (secondary N) is 1. The third-order valence-electron chi connectivity index (χ3n) is 3.20. The highest BCUT2D eigenvalue weighted by molar-refractivity contribution is 7.21. The first-order valence-corrected chi connectivity index (χ1v) is 7.71. The molecule has 4 rings (SSSR count). The lowest BCUT2D eigenvalue weighted by atomic mass is 10.3. The van der Waals surface area contributed by atoms with Crippen LogP contribution >= 0.6 is 11.3 Å². The Bertz CT molecular complexity index is 966. The molecule has 3 aromatic heterocycles. The normalized spacial score (nSPS) is 11.0. The Labute approximate surface area is 134 Å². The molecule has 1 amide bonds. The summed E-state index contributed by atoms with van der Waals surface area (Å²) in [7, 11) is 0. The second-order valence-electron chi connectivity index (χ2n) is 4.93. The molecule has 0 unspecified atom stereocenters. The Morgan fingerprint density at radius 3 is 2.87 bits per heavy atom. The summed E-state index contributed by atoms with van der Waals surface area (Å²) in [5.41, 5.74) is 0.910. The molecule has 0 bridgehead atoms. The van der Waals surface area contributed by atoms with Crippen LogP contribution in [0.5, 0.6) is 0 Å². The number of carbonyl (C=O) groups is 1. The zero-order valence-corrected chi connectivity index (χ0v) is 12.9. The van der Waals surface area contributed by atoms with Crippen LogP contribution in [0.15, 0.2) is 51.4 Å². The Hall–Kier alpha value is -2.93. The number of carbonyl (C=O) groups excluding carboxylic acids is 1. The summed E-state index contributed by atoms with van der Waals surface area (Å²) in [6.45, 7) is 1.75. The molecule has 6 nitrogen and oxygen atoms in total. The molecule has 0 saturated heterocycles. The molecule has 0 fully saturated rings. The average molecular weight is 325 g/mol. The molecule has 0 aliphatic rings. The fourth-order valence-corrected chi connectivity index (χ4v) is 3.08. The number of furan rings is 1. The molecule has 0 aliphatic heterocycles. The minimum absolute atomic E-state index is 0.194. The number of aryl methyl sites for hydroxylation is 1. The van der Waals surface area contributed by atoms with Gasteiger partial charge in [0.15, 0.2) is 22.3 Å². The van der Waals surface area contributed by atoms with Crippen molar-refractivity contribution in [1.82, 2.24) is 10.1 Å². The molecule has 4 aromatic rings. The standard InChI is InChI=1S/C16H11N3O3S/c1-9-8-14(19-22-9)18-15(20)11-6-7-12(21-11)16-17-10-4-2-3-5-13(10)23-16/h2-8H,1H3,(H,18,19,20). The third kappa shape index (κ3) is 2.62. The fraction of sp³-hybridized carbons (Fsp3) is 0.0625. The van der Waals surface area contributed by atoms with E-state index >= 15 is 0 Å². The SMILES string of the molecule is Cc1cc(NC(=O)c2ccc(-c3nc4ccccc4s3)o2)no1. The van der Waals surface area contributed by atoms with E-state index in [2.05, 4.69) is 15.5 Å². The number of nitrogens with zero attached hydrogens (tertiary/aromatic N) is 2. The van der Waals surface area contributed by atoms with Crippen LogP contribution in [0.25, 0.3) is 21.0 Å². The highest BCUT2D eigenvalue weighted by atomic mass is 32.1. The molecule has 1 N–H and O–H groups in total. The van der Waals surface area contributed by atoms with E-state index in [-0.39, 0.29) is 11.7 Å². The van der Waals surface area contributed by atoms with Crippen molar-refractivity contribution in [1.29, 1.82) is 0 Å². The van der Waals surface area contributed by atoms with E-state index in [1.165, 1.54) is 11.3 Å². The van der Waals surface area contributed by atoms with Crippen molar-refractivity contribution in [2.75, 3.05) is 5.32 Å². The second kappa shape index (κ2) is 5.36. The number of benzene rings is 1. The van der Waals surface area contributed by atoms with Crippen molar-refractivity contribution in [3.05, 3.63) is 54.0 Å². The van der Waals surface area contributed by atoms with E-state index < -0.39 is 0 Å². The Kier molecular flexibility index (Phi) is 3.20. The minimum atomic E-state index is -0.384. The predicted octanol–water partition coefficient (Wildman–Crippen LogP) is 4.11. The fourth-order valence-electron chi connectivity index (χ4n) is 2.16. The molecular weight excluding hydrogens is 314 g/mol. The maximum absolute atomic E-state index is 12.1. The zero-order valence-electron chi connectivity index (χ0n) is 12.1. The lowest BCUT2D eigenvalue weighted by Gasteiger charge is -1.96. The third-order valence-corrected chi connectivity index (χ3v) is 4.25. The molecule has 114 valence electrons. The van der Waals surface area contributed by atoms with Crippen LogP contribution in [0.4, 0.5) is 5.82 Å². The summed E-state index contributed by atoms with van der Waals surface area (Å²) >= 11 is 1.52. The van der Waals surface area contributed by atoms with Gasteiger partial charge in [-0.2, -0.15) is 0 Å². The van der Waals surface area contributed by atoms with Gasteiger partial charge in [0, 0.05) is 6.07 Å². The van der Waals surface area contributed by atoms with Gasteiger partial charge >= 0.3 is 0 Å². The van der Waals surface area contributed by atoms with Crippen LogP contribution in [0.1, 0.15) is 16.3 Å². The number of para-hydroxylation sites is 1. The quantitative estimate of drug-likeness (QED) is 0.613. The highest BCUT2D eigenvalue weighted by Crippen LogP contribution is 2.31. The van der Waals surface area contributed by atoms with Gasteiger partial charge in [-0.3, -0.25) is 4.79 Å². The van der Waals surface area contributed by atoms with E-state index in [4.69, 9.17) is 8.94 Å². The van der Waals surface area contributed by atoms with E-state index in [1.807, 2.05) is 24.3 Å². The molecule has 0 aliphatic carbocycles. The molecule has 0 atom stereocenters. The van der Waals surface area contributed by atoms with Crippen molar-refractivity contribution in [3.8, 4) is 10.8 Å². The number of anilines is 1. The van der Waals surface area contributed by atoms with Gasteiger partial charge in [-0.1, -0.05) is 17.3 Å². The molecule has 23 heavy (non-hydrogen) atoms. The predicted molar refractivity (Wildman–Crippen MR) is 86.5 cm³/mol. The number of hydrogen-bond donors (Lipinski definition) is 1. The van der Waals surface area contributed by atoms with Crippen molar-refractivity contribution in [3.63, 3.8) is 0 Å². The summed E-state index contributed by atoms with van der Waals surface area (Å²) in [5, 5.41) is 7.07. The zero-order chi connectivity index (χ0) is 15.8. The van der Waals surface area contributed by atoms with Gasteiger partial charge in [-0.25, -0.2) is 4.98 Å². The first-order chi connectivity index (χ1) is 11.2. The number of thiazole rings is 1. The molecular formula is C16H11N3O3S. The number of hydrogen-bond acceptors (Lipinski definition) is 6. The van der Waals surface area contributed by atoms with Crippen LogP contribution in [-0.2, 0) is 0 Å². The van der Waals surface area contributed by atoms with Gasteiger partial charge in [-0.05, 0) is 31.2 Å². The summed E-state index contributed by atoms with van der Waals surface area (Å²) in [5.74, 6) is 1.35. The van der Waals surface area contributed by atoms with E-state index in [0.717, 1.165) is 15.2 Å². The largest absolute Gasteiger partial charge is 0.448 e. The molecule has 1 aromatic carbocycles. The number of rotatable bonds is 3. The van der Waals surface area contributed by atoms with Gasteiger partial charge in [0.05, 0.1) is 10.2 Å². The van der Waals surface area contributed by atoms with E-state index in [1.54, 1.807) is 25.1 Å². The van der Waals surface area contributed by atoms with E-state index in [9.17, 15) is 4.79 Å². The molecule has 0 saturated carbocycles. The van der Waals surface area contributed by atoms with Gasteiger partial charge in [0.2, 0.25) is 0 Å². The van der Waals surface area contributed by atoms with Crippen LogP contribution in [0, 0.1) is 6.92 Å². The topological polar surface area (TPSA) is 81.2 Å². The smallest absolute Gasteiger partial charge is 0.292 e. The average Bonchev–Trinajstić information content (AvgIpc) is 3.25. The Morgan fingerprint density at radius 2 is 2.09 bits per heavy atom.